The molecule has 0 bridgehead atoms. The van der Waals surface area contributed by atoms with Gasteiger partial charge in [0.2, 0.25) is 0 Å². The number of ether oxygens (including phenoxy) is 4. The van der Waals surface area contributed by atoms with Crippen LogP contribution in [0.25, 0.3) is 23.3 Å². The van der Waals surface area contributed by atoms with Crippen LogP contribution < -0.4 is 18.9 Å². The van der Waals surface area contributed by atoms with Crippen LogP contribution in [0.1, 0.15) is 120 Å². The van der Waals surface area contributed by atoms with E-state index in [0.717, 1.165) is 57.8 Å². The average Bonchev–Trinajstić information content (AvgIpc) is 3.17. The first kappa shape index (κ1) is 44.4. The van der Waals surface area contributed by atoms with Crippen molar-refractivity contribution < 1.29 is 49.5 Å². The van der Waals surface area contributed by atoms with Crippen LogP contribution >= 0.6 is 0 Å². The van der Waals surface area contributed by atoms with E-state index in [9.17, 15) is 8.42 Å². The Kier molecular flexibility index (Phi) is 19.5. The van der Waals surface area contributed by atoms with Crippen LogP contribution in [0.3, 0.4) is 0 Å². The summed E-state index contributed by atoms with van der Waals surface area (Å²) in [5.74, 6) is -5.66. The third-order valence-electron chi connectivity index (χ3n) is 8.71. The topological polar surface area (TPSA) is 91.3 Å². The average molecular weight is 779 g/mol. The third kappa shape index (κ3) is 15.0. The summed E-state index contributed by atoms with van der Waals surface area (Å²) in [5.41, 5.74) is -1.15. The van der Waals surface area contributed by atoms with E-state index in [4.69, 9.17) is 23.5 Å². The van der Waals surface area contributed by atoms with Crippen molar-refractivity contribution in [1.82, 2.24) is 0 Å². The fourth-order valence-corrected chi connectivity index (χ4v) is 6.13. The van der Waals surface area contributed by atoms with Gasteiger partial charge in [-0.2, -0.15) is 8.42 Å². The largest absolute Gasteiger partial charge is 0.496 e. The fourth-order valence-electron chi connectivity index (χ4n) is 5.64. The highest BCUT2D eigenvalue weighted by Crippen LogP contribution is 2.43. The van der Waals surface area contributed by atoms with Gasteiger partial charge in [-0.25, -0.2) is 17.6 Å². The molecule has 0 spiro atoms. The van der Waals surface area contributed by atoms with Crippen molar-refractivity contribution in [2.45, 2.75) is 97.3 Å². The van der Waals surface area contributed by atoms with Gasteiger partial charge in [0.15, 0.2) is 23.3 Å². The molecule has 1 N–H and O–H groups in total. The van der Waals surface area contributed by atoms with Gasteiger partial charge in [0, 0.05) is 11.1 Å². The second kappa shape index (κ2) is 23.7. The van der Waals surface area contributed by atoms with E-state index >= 15 is 17.6 Å². The Hall–Kier alpha value is -4.03. The van der Waals surface area contributed by atoms with Crippen molar-refractivity contribution in [3.05, 3.63) is 82.9 Å². The molecule has 0 aromatic heterocycles. The van der Waals surface area contributed by atoms with E-state index < -0.39 is 56.1 Å². The molecule has 12 heteroatoms. The van der Waals surface area contributed by atoms with E-state index in [1.807, 2.05) is 0 Å². The smallest absolute Gasteiger partial charge is 0.264 e. The summed E-state index contributed by atoms with van der Waals surface area (Å²) < 4.78 is 117. The quantitative estimate of drug-likeness (QED) is 0.0375. The summed E-state index contributed by atoms with van der Waals surface area (Å²) in [4.78, 5) is 0. The number of unbranched alkanes of at least 4 members (excludes halogenated alkanes) is 10. The molecule has 0 atom stereocenters. The van der Waals surface area contributed by atoms with Crippen LogP contribution in [0, 0.1) is 0 Å². The first-order valence-corrected chi connectivity index (χ1v) is 20.5. The van der Waals surface area contributed by atoms with Crippen LogP contribution in [0.2, 0.25) is 0 Å². The Morgan fingerprint density at radius 3 is 1.35 bits per heavy atom. The number of hydrogen-bond acceptors (Lipinski definition) is 6. The maximum absolute atomic E-state index is 16.0. The maximum Gasteiger partial charge on any atom is 0.264 e. The lowest BCUT2D eigenvalue weighted by Crippen LogP contribution is -2.09. The summed E-state index contributed by atoms with van der Waals surface area (Å²) in [6.45, 7) is 4.93. The van der Waals surface area contributed by atoms with E-state index in [1.165, 1.54) is 87.1 Å². The van der Waals surface area contributed by atoms with Gasteiger partial charge in [-0.05, 0) is 79.9 Å². The molecule has 0 saturated heterocycles. The van der Waals surface area contributed by atoms with Gasteiger partial charge in [0.05, 0.1) is 43.8 Å². The van der Waals surface area contributed by atoms with Crippen molar-refractivity contribution in [1.29, 1.82) is 0 Å². The Morgan fingerprint density at radius 2 is 0.926 bits per heavy atom. The molecule has 0 saturated carbocycles. The monoisotopic (exact) mass is 778 g/mol. The molecule has 298 valence electrons. The van der Waals surface area contributed by atoms with E-state index in [0.29, 0.717) is 24.7 Å². The van der Waals surface area contributed by atoms with Gasteiger partial charge in [-0.3, -0.25) is 4.55 Å². The van der Waals surface area contributed by atoms with Crippen LogP contribution in [0.5, 0.6) is 23.0 Å². The summed E-state index contributed by atoms with van der Waals surface area (Å²) in [7, 11) is -3.17. The van der Waals surface area contributed by atoms with Crippen LogP contribution in [-0.4, -0.2) is 45.7 Å². The van der Waals surface area contributed by atoms with E-state index in [1.54, 1.807) is 0 Å². The second-order valence-corrected chi connectivity index (χ2v) is 14.6. The fraction of sp³-hybridized carbons (Fsp3) is 0.476. The van der Waals surface area contributed by atoms with Crippen molar-refractivity contribution in [3.8, 4) is 23.0 Å². The van der Waals surface area contributed by atoms with Crippen molar-refractivity contribution in [3.63, 3.8) is 0 Å². The third-order valence-corrected chi connectivity index (χ3v) is 9.52. The van der Waals surface area contributed by atoms with Crippen LogP contribution in [-0.2, 0) is 10.1 Å². The highest BCUT2D eigenvalue weighted by Gasteiger charge is 2.24. The molecule has 3 aromatic carbocycles. The summed E-state index contributed by atoms with van der Waals surface area (Å²) in [6, 6.07) is 13.5. The molecule has 0 aliphatic heterocycles. The minimum absolute atomic E-state index is 0.0994. The minimum Gasteiger partial charge on any atom is -0.496 e. The number of methoxy groups -OCH3 is 1. The van der Waals surface area contributed by atoms with Gasteiger partial charge >= 0.3 is 0 Å². The predicted molar refractivity (Wildman–Crippen MR) is 208 cm³/mol. The molecule has 0 fully saturated rings. The summed E-state index contributed by atoms with van der Waals surface area (Å²) in [5, 5.41) is 0. The molecule has 0 heterocycles. The predicted octanol–water partition coefficient (Wildman–Crippen LogP) is 12.4. The lowest BCUT2D eigenvalue weighted by molar-refractivity contribution is 0.304. The van der Waals surface area contributed by atoms with Gasteiger partial charge in [-0.15, -0.1) is 0 Å². The van der Waals surface area contributed by atoms with Gasteiger partial charge in [0.1, 0.15) is 23.0 Å². The second-order valence-electron chi connectivity index (χ2n) is 13.1. The lowest BCUT2D eigenvalue weighted by Gasteiger charge is -2.16. The number of hydrogen-bond donors (Lipinski definition) is 1. The Morgan fingerprint density at radius 1 is 0.537 bits per heavy atom. The normalized spacial score (nSPS) is 12.6. The van der Waals surface area contributed by atoms with Gasteiger partial charge in [-0.1, -0.05) is 78.1 Å². The first-order valence-electron chi connectivity index (χ1n) is 18.9. The highest BCUT2D eigenvalue weighted by atomic mass is 32.2. The Labute approximate surface area is 318 Å². The standard InChI is InChI=1S/C42H54F4O7S/c1-4-6-8-10-12-14-25-51-33-21-17-31(18-22-33)39(43)41(45)35-30-38(53-27-16-28-54(47,48)49)36(29-37(35)50-3)42(46)40(44)32-19-23-34(24-20-32)52-26-15-13-11-9-7-5-2/h17-24,29-30H,4-16,25-28H2,1-3H3,(H,47,48,49)/b41-39+,42-40+. The highest BCUT2D eigenvalue weighted by molar-refractivity contribution is 7.85. The van der Waals surface area contributed by atoms with Gasteiger partial charge < -0.3 is 18.9 Å². The maximum atomic E-state index is 16.0. The summed E-state index contributed by atoms with van der Waals surface area (Å²) >= 11 is 0. The molecule has 0 radical (unpaired) electrons. The molecular formula is C42H54F4O7S. The SMILES string of the molecule is CCCCCCCCOc1ccc(/C(F)=C(\F)c2cc(OCCCS(=O)(=O)O)c(/C(F)=C(\F)c3ccc(OCCCCCCCC)cc3)cc2OC)cc1. The summed E-state index contributed by atoms with van der Waals surface area (Å²) in [6.07, 6.45) is 13.0. The van der Waals surface area contributed by atoms with Crippen molar-refractivity contribution in [2.75, 3.05) is 32.7 Å². The van der Waals surface area contributed by atoms with E-state index in [2.05, 4.69) is 13.8 Å². The molecule has 3 rings (SSSR count). The molecule has 54 heavy (non-hydrogen) atoms. The van der Waals surface area contributed by atoms with Gasteiger partial charge in [0.25, 0.3) is 10.1 Å². The Balaban J connectivity index is 1.85. The number of rotatable bonds is 26. The molecular weight excluding hydrogens is 725 g/mol. The Bertz CT molecular complexity index is 1740. The van der Waals surface area contributed by atoms with Crippen molar-refractivity contribution >= 4 is 33.4 Å². The molecule has 7 nitrogen and oxygen atoms in total. The lowest BCUT2D eigenvalue weighted by atomic mass is 10.0. The van der Waals surface area contributed by atoms with Crippen LogP contribution in [0.15, 0.2) is 60.7 Å². The number of halogens is 4. The van der Waals surface area contributed by atoms with E-state index in [-0.39, 0.29) is 29.9 Å². The van der Waals surface area contributed by atoms with Crippen LogP contribution in [0.4, 0.5) is 17.6 Å². The molecule has 3 aromatic rings. The molecule has 0 aliphatic rings. The minimum atomic E-state index is -4.34. The molecule has 0 amide bonds. The number of benzene rings is 3. The zero-order valence-corrected chi connectivity index (χ0v) is 32.4. The zero-order valence-electron chi connectivity index (χ0n) is 31.6. The zero-order chi connectivity index (χ0) is 39.3. The molecule has 0 aliphatic carbocycles. The molecule has 0 unspecified atom stereocenters. The first-order chi connectivity index (χ1) is 26.0. The van der Waals surface area contributed by atoms with Crippen molar-refractivity contribution in [2.24, 2.45) is 0 Å².